The first-order chi connectivity index (χ1) is 18.7. The number of aromatic nitrogens is 10. The van der Waals surface area contributed by atoms with E-state index in [0.717, 1.165) is 33.4 Å². The van der Waals surface area contributed by atoms with Gasteiger partial charge in [-0.05, 0) is 30.7 Å². The number of rotatable bonds is 4. The van der Waals surface area contributed by atoms with Crippen molar-refractivity contribution >= 4 is 45.0 Å². The van der Waals surface area contributed by atoms with Gasteiger partial charge >= 0.3 is 0 Å². The van der Waals surface area contributed by atoms with Gasteiger partial charge in [-0.1, -0.05) is 30.3 Å². The first-order valence-corrected chi connectivity index (χ1v) is 11.8. The second-order valence-corrected chi connectivity index (χ2v) is 8.38. The minimum absolute atomic E-state index is 0.0961. The molecule has 6 heterocycles. The summed E-state index contributed by atoms with van der Waals surface area (Å²) in [6.45, 7) is 2.07. The number of H-pyrrole nitrogens is 2. The predicted molar refractivity (Wildman–Crippen MR) is 145 cm³/mol. The summed E-state index contributed by atoms with van der Waals surface area (Å²) < 4.78 is 0. The summed E-state index contributed by atoms with van der Waals surface area (Å²) in [6.07, 6.45) is 7.84. The molecule has 0 spiro atoms. The number of hydrogen-bond acceptors (Lipinski definition) is 10. The number of nitrogens with two attached hydrogens (primary N) is 1. The highest BCUT2D eigenvalue weighted by atomic mass is 15.1. The van der Waals surface area contributed by atoms with Gasteiger partial charge in [-0.2, -0.15) is 0 Å². The van der Waals surface area contributed by atoms with Crippen molar-refractivity contribution in [2.45, 2.75) is 13.0 Å². The molecule has 38 heavy (non-hydrogen) atoms. The summed E-state index contributed by atoms with van der Waals surface area (Å²) in [5, 5.41) is 3.46. The average Bonchev–Trinajstić information content (AvgIpc) is 3.64. The fourth-order valence-electron chi connectivity index (χ4n) is 4.13. The second kappa shape index (κ2) is 9.85. The van der Waals surface area contributed by atoms with Crippen LogP contribution in [0.15, 0.2) is 80.0 Å². The van der Waals surface area contributed by atoms with E-state index in [9.17, 15) is 0 Å². The second-order valence-electron chi connectivity index (χ2n) is 8.38. The van der Waals surface area contributed by atoms with E-state index in [4.69, 9.17) is 10.7 Å². The molecule has 12 heteroatoms. The summed E-state index contributed by atoms with van der Waals surface area (Å²) in [5.74, 6) is 1.13. The highest BCUT2D eigenvalue weighted by Gasteiger charge is 2.18. The average molecular weight is 503 g/mol. The Bertz CT molecular complexity index is 1840. The highest BCUT2D eigenvalue weighted by Crippen LogP contribution is 2.31. The first kappa shape index (κ1) is 22.9. The Kier molecular flexibility index (Phi) is 5.94. The molecule has 5 N–H and O–H groups in total. The Labute approximate surface area is 215 Å². The van der Waals surface area contributed by atoms with E-state index >= 15 is 0 Å². The molecule has 7 aromatic rings. The van der Waals surface area contributed by atoms with Gasteiger partial charge in [0.25, 0.3) is 0 Å². The molecule has 6 aromatic heterocycles. The monoisotopic (exact) mass is 502 g/mol. The molecule has 0 aliphatic heterocycles. The number of pyridine rings is 2. The molecule has 0 aliphatic carbocycles. The van der Waals surface area contributed by atoms with Crippen molar-refractivity contribution in [3.63, 3.8) is 0 Å². The molecule has 0 saturated carbocycles. The third kappa shape index (κ3) is 4.41. The molecule has 1 aromatic carbocycles. The zero-order valence-electron chi connectivity index (χ0n) is 20.2. The van der Waals surface area contributed by atoms with E-state index in [1.165, 1.54) is 19.0 Å². The smallest absolute Gasteiger partial charge is 0.182 e. The molecular formula is C26H22N12. The van der Waals surface area contributed by atoms with Gasteiger partial charge in [0, 0.05) is 11.8 Å². The first-order valence-electron chi connectivity index (χ1n) is 11.8. The fraction of sp³-hybridized carbons (Fsp3) is 0.0769. The number of benzene rings is 1. The number of imidazole rings is 2. The topological polar surface area (TPSA) is 173 Å². The van der Waals surface area contributed by atoms with Gasteiger partial charge in [-0.25, -0.2) is 34.9 Å². The normalized spacial score (nSPS) is 11.8. The lowest BCUT2D eigenvalue weighted by Crippen LogP contribution is -2.12. The van der Waals surface area contributed by atoms with Crippen LogP contribution in [0.2, 0.25) is 0 Å². The molecule has 0 radical (unpaired) electrons. The zero-order chi connectivity index (χ0) is 25.9. The van der Waals surface area contributed by atoms with E-state index in [0.29, 0.717) is 28.4 Å². The fourth-order valence-corrected chi connectivity index (χ4v) is 4.13. The lowest BCUT2D eigenvalue weighted by atomic mass is 9.99. The number of anilines is 2. The maximum Gasteiger partial charge on any atom is 0.182 e. The minimum atomic E-state index is -0.0961. The van der Waals surface area contributed by atoms with Crippen LogP contribution in [-0.2, 0) is 0 Å². The number of nitrogens with zero attached hydrogens (tertiary/aromatic N) is 8. The van der Waals surface area contributed by atoms with Crippen molar-refractivity contribution in [3.8, 4) is 11.1 Å². The largest absolute Gasteiger partial charge is 0.382 e. The predicted octanol–water partition coefficient (Wildman–Crippen LogP) is 4.07. The van der Waals surface area contributed by atoms with Gasteiger partial charge in [0.15, 0.2) is 22.9 Å². The molecule has 0 amide bonds. The van der Waals surface area contributed by atoms with Crippen LogP contribution in [0.1, 0.15) is 18.7 Å². The van der Waals surface area contributed by atoms with Gasteiger partial charge in [0.1, 0.15) is 23.7 Å². The van der Waals surface area contributed by atoms with Crippen molar-refractivity contribution in [1.82, 2.24) is 49.8 Å². The van der Waals surface area contributed by atoms with Crippen LogP contribution < -0.4 is 11.1 Å². The summed E-state index contributed by atoms with van der Waals surface area (Å²) in [5.41, 5.74) is 13.0. The molecule has 0 saturated heterocycles. The molecule has 1 atom stereocenters. The molecule has 7 rings (SSSR count). The number of nitrogens with one attached hydrogen (secondary N) is 3. The van der Waals surface area contributed by atoms with E-state index in [1.54, 1.807) is 12.5 Å². The Morgan fingerprint density at radius 1 is 0.763 bits per heavy atom. The molecule has 12 nitrogen and oxygen atoms in total. The summed E-state index contributed by atoms with van der Waals surface area (Å²) in [4.78, 5) is 39.6. The maximum absolute atomic E-state index is 5.48. The molecule has 1 unspecified atom stereocenters. The van der Waals surface area contributed by atoms with Gasteiger partial charge in [0.2, 0.25) is 0 Å². The summed E-state index contributed by atoms with van der Waals surface area (Å²) >= 11 is 0. The third-order valence-corrected chi connectivity index (χ3v) is 5.94. The Morgan fingerprint density at radius 3 is 2.29 bits per heavy atom. The van der Waals surface area contributed by atoms with Crippen molar-refractivity contribution in [3.05, 3.63) is 85.7 Å². The molecule has 0 fully saturated rings. The van der Waals surface area contributed by atoms with Crippen LogP contribution >= 0.6 is 0 Å². The summed E-state index contributed by atoms with van der Waals surface area (Å²) in [6, 6.07) is 16.1. The van der Waals surface area contributed by atoms with Gasteiger partial charge in [-0.3, -0.25) is 4.98 Å². The quantitative estimate of drug-likeness (QED) is 0.275. The number of fused-ring (bicyclic) bond motifs is 3. The van der Waals surface area contributed by atoms with Crippen molar-refractivity contribution < 1.29 is 0 Å². The Balaban J connectivity index is 0.000000221. The Morgan fingerprint density at radius 2 is 1.50 bits per heavy atom. The molecule has 186 valence electrons. The molecule has 0 aliphatic rings. The standard InChI is InChI=1S/C21H17N7.C5H5N5/c1-13(27-21-19-20(24-11-23-19)25-12-26-21)18-15(14-6-3-2-4-7-14)10-17-16(28-18)8-5-9-22-17;6-4-3-5(9-1-7-3)10-2-8-4/h2-13H,1H3,(H2,23,24,25,26,27);1-2H,(H3,6,7,8,9,10). The van der Waals surface area contributed by atoms with E-state index in [2.05, 4.69) is 75.3 Å². The third-order valence-electron chi connectivity index (χ3n) is 5.94. The van der Waals surface area contributed by atoms with E-state index < -0.39 is 0 Å². The zero-order valence-corrected chi connectivity index (χ0v) is 20.2. The highest BCUT2D eigenvalue weighted by molar-refractivity contribution is 5.84. The van der Waals surface area contributed by atoms with E-state index in [1.807, 2.05) is 30.3 Å². The van der Waals surface area contributed by atoms with Crippen LogP contribution in [0.3, 0.4) is 0 Å². The molecule has 0 bridgehead atoms. The molecular weight excluding hydrogens is 480 g/mol. The van der Waals surface area contributed by atoms with Crippen LogP contribution in [0.4, 0.5) is 11.6 Å². The lowest BCUT2D eigenvalue weighted by Gasteiger charge is -2.18. The minimum Gasteiger partial charge on any atom is -0.382 e. The van der Waals surface area contributed by atoms with E-state index in [-0.39, 0.29) is 6.04 Å². The maximum atomic E-state index is 5.48. The van der Waals surface area contributed by atoms with Crippen LogP contribution in [0, 0.1) is 0 Å². The van der Waals surface area contributed by atoms with Crippen LogP contribution in [0.5, 0.6) is 0 Å². The van der Waals surface area contributed by atoms with Gasteiger partial charge < -0.3 is 21.0 Å². The number of hydrogen-bond donors (Lipinski definition) is 4. The number of aromatic amines is 2. The van der Waals surface area contributed by atoms with Gasteiger partial charge in [0.05, 0.1) is 35.4 Å². The van der Waals surface area contributed by atoms with Crippen molar-refractivity contribution in [2.24, 2.45) is 0 Å². The van der Waals surface area contributed by atoms with Gasteiger partial charge in [-0.15, -0.1) is 0 Å². The van der Waals surface area contributed by atoms with Crippen LogP contribution in [0.25, 0.3) is 44.5 Å². The lowest BCUT2D eigenvalue weighted by molar-refractivity contribution is 0.841. The van der Waals surface area contributed by atoms with Crippen molar-refractivity contribution in [2.75, 3.05) is 11.1 Å². The van der Waals surface area contributed by atoms with Crippen molar-refractivity contribution in [1.29, 1.82) is 0 Å². The van der Waals surface area contributed by atoms with Crippen LogP contribution in [-0.4, -0.2) is 49.8 Å². The summed E-state index contributed by atoms with van der Waals surface area (Å²) in [7, 11) is 0. The number of nitrogen functional groups attached to an aromatic ring is 1. The SMILES string of the molecule is CC(Nc1ncnc2nc[nH]c12)c1nc2cccnc2cc1-c1ccccc1.Nc1ncnc2nc[nH]c12. The Hall–Kier alpha value is -5.52.